The van der Waals surface area contributed by atoms with Crippen LogP contribution in [-0.4, -0.2) is 16.6 Å². The average Bonchev–Trinajstić information content (AvgIpc) is 2.45. The van der Waals surface area contributed by atoms with Crippen LogP contribution >= 0.6 is 0 Å². The van der Waals surface area contributed by atoms with Gasteiger partial charge in [-0.05, 0) is 24.3 Å². The lowest BCUT2D eigenvalue weighted by molar-refractivity contribution is -0.386. The number of aliphatic hydroxyl groups is 1. The third-order valence-corrected chi connectivity index (χ3v) is 2.85. The molecular formula is C14H10F3NO4. The molecule has 2 aromatic carbocycles. The van der Waals surface area contributed by atoms with Gasteiger partial charge in [-0.3, -0.25) is 10.1 Å². The van der Waals surface area contributed by atoms with Crippen LogP contribution in [0.5, 0.6) is 5.75 Å². The molecular weight excluding hydrogens is 303 g/mol. The van der Waals surface area contributed by atoms with Gasteiger partial charge in [0, 0.05) is 0 Å². The highest BCUT2D eigenvalue weighted by Gasteiger charge is 2.21. The van der Waals surface area contributed by atoms with Crippen molar-refractivity contribution in [3.63, 3.8) is 0 Å². The fraction of sp³-hybridized carbons (Fsp3) is 0.143. The molecule has 8 heteroatoms. The van der Waals surface area contributed by atoms with Gasteiger partial charge in [0.15, 0.2) is 5.75 Å². The van der Waals surface area contributed by atoms with E-state index in [4.69, 9.17) is 4.74 Å². The molecule has 0 fully saturated rings. The predicted octanol–water partition coefficient (Wildman–Crippen LogP) is 3.12. The zero-order valence-electron chi connectivity index (χ0n) is 11.0. The Morgan fingerprint density at radius 2 is 1.82 bits per heavy atom. The molecule has 0 aromatic heterocycles. The van der Waals surface area contributed by atoms with Crippen molar-refractivity contribution in [2.24, 2.45) is 0 Å². The summed E-state index contributed by atoms with van der Waals surface area (Å²) in [6.45, 7) is -0.635. The van der Waals surface area contributed by atoms with Crippen molar-refractivity contribution in [3.05, 3.63) is 69.5 Å². The maximum atomic E-state index is 13.5. The number of benzene rings is 2. The van der Waals surface area contributed by atoms with Crippen molar-refractivity contribution < 1.29 is 27.9 Å². The smallest absolute Gasteiger partial charge is 0.313 e. The molecule has 1 unspecified atom stereocenters. The topological polar surface area (TPSA) is 72.6 Å². The summed E-state index contributed by atoms with van der Waals surface area (Å²) in [5, 5.41) is 20.6. The van der Waals surface area contributed by atoms with E-state index in [9.17, 15) is 28.4 Å². The van der Waals surface area contributed by atoms with E-state index < -0.39 is 46.3 Å². The number of hydrogen-bond donors (Lipinski definition) is 1. The Kier molecular flexibility index (Phi) is 4.62. The SMILES string of the molecule is O=[N+]([O-])c1cc(F)ccc1OCC(O)c1c(F)cccc1F. The van der Waals surface area contributed by atoms with E-state index >= 15 is 0 Å². The Morgan fingerprint density at radius 1 is 1.18 bits per heavy atom. The molecule has 22 heavy (non-hydrogen) atoms. The molecule has 0 bridgehead atoms. The third kappa shape index (κ3) is 3.34. The lowest BCUT2D eigenvalue weighted by atomic mass is 10.1. The largest absolute Gasteiger partial charge is 0.484 e. The van der Waals surface area contributed by atoms with Crippen molar-refractivity contribution in [2.45, 2.75) is 6.10 Å². The van der Waals surface area contributed by atoms with Gasteiger partial charge in [0.25, 0.3) is 0 Å². The van der Waals surface area contributed by atoms with Crippen LogP contribution in [0, 0.1) is 27.6 Å². The van der Waals surface area contributed by atoms with Gasteiger partial charge in [0.2, 0.25) is 0 Å². The Labute approximate surface area is 122 Å². The number of halogens is 3. The lowest BCUT2D eigenvalue weighted by Crippen LogP contribution is -2.13. The van der Waals surface area contributed by atoms with Crippen LogP contribution in [0.3, 0.4) is 0 Å². The number of hydrogen-bond acceptors (Lipinski definition) is 4. The number of aliphatic hydroxyl groups excluding tert-OH is 1. The quantitative estimate of drug-likeness (QED) is 0.680. The Hall–Kier alpha value is -2.61. The van der Waals surface area contributed by atoms with Crippen LogP contribution in [0.1, 0.15) is 11.7 Å². The van der Waals surface area contributed by atoms with Gasteiger partial charge >= 0.3 is 5.69 Å². The van der Waals surface area contributed by atoms with Crippen molar-refractivity contribution in [1.29, 1.82) is 0 Å². The number of nitro groups is 1. The molecule has 2 aromatic rings. The number of ether oxygens (including phenoxy) is 1. The first-order valence-electron chi connectivity index (χ1n) is 6.09. The van der Waals surface area contributed by atoms with Crippen LogP contribution in [-0.2, 0) is 0 Å². The number of nitro benzene ring substituents is 1. The van der Waals surface area contributed by atoms with Gasteiger partial charge in [-0.15, -0.1) is 0 Å². The normalized spacial score (nSPS) is 12.0. The summed E-state index contributed by atoms with van der Waals surface area (Å²) in [6.07, 6.45) is -1.68. The van der Waals surface area contributed by atoms with E-state index in [1.165, 1.54) is 0 Å². The molecule has 0 aliphatic rings. The summed E-state index contributed by atoms with van der Waals surface area (Å²) in [5.41, 5.74) is -1.26. The number of nitrogens with zero attached hydrogens (tertiary/aromatic N) is 1. The highest BCUT2D eigenvalue weighted by Crippen LogP contribution is 2.29. The number of rotatable bonds is 5. The van der Waals surface area contributed by atoms with Crippen LogP contribution in [0.2, 0.25) is 0 Å². The molecule has 0 aliphatic heterocycles. The van der Waals surface area contributed by atoms with E-state index in [-0.39, 0.29) is 5.75 Å². The fourth-order valence-corrected chi connectivity index (χ4v) is 1.84. The molecule has 0 radical (unpaired) electrons. The van der Waals surface area contributed by atoms with Gasteiger partial charge in [0.1, 0.15) is 30.2 Å². The maximum absolute atomic E-state index is 13.5. The summed E-state index contributed by atoms with van der Waals surface area (Å²) in [6, 6.07) is 5.62. The lowest BCUT2D eigenvalue weighted by Gasteiger charge is -2.14. The first-order valence-corrected chi connectivity index (χ1v) is 6.09. The predicted molar refractivity (Wildman–Crippen MR) is 69.9 cm³/mol. The van der Waals surface area contributed by atoms with Gasteiger partial charge < -0.3 is 9.84 Å². The van der Waals surface area contributed by atoms with E-state index in [1.807, 2.05) is 0 Å². The van der Waals surface area contributed by atoms with Gasteiger partial charge in [-0.2, -0.15) is 0 Å². The van der Waals surface area contributed by atoms with Crippen LogP contribution in [0.25, 0.3) is 0 Å². The zero-order chi connectivity index (χ0) is 16.3. The minimum atomic E-state index is -1.68. The van der Waals surface area contributed by atoms with Crippen LogP contribution in [0.4, 0.5) is 18.9 Å². The molecule has 2 rings (SSSR count). The average molecular weight is 313 g/mol. The second-order valence-electron chi connectivity index (χ2n) is 4.33. The first kappa shape index (κ1) is 15.8. The van der Waals surface area contributed by atoms with E-state index in [2.05, 4.69) is 0 Å². The van der Waals surface area contributed by atoms with Crippen LogP contribution in [0.15, 0.2) is 36.4 Å². The summed E-state index contributed by atoms with van der Waals surface area (Å²) < 4.78 is 44.9. The Balaban J connectivity index is 2.18. The molecule has 0 aliphatic carbocycles. The van der Waals surface area contributed by atoms with E-state index in [1.54, 1.807) is 0 Å². The summed E-state index contributed by atoms with van der Waals surface area (Å²) in [7, 11) is 0. The van der Waals surface area contributed by atoms with Crippen molar-refractivity contribution in [1.82, 2.24) is 0 Å². The zero-order valence-corrected chi connectivity index (χ0v) is 11.0. The second kappa shape index (κ2) is 6.44. The van der Waals surface area contributed by atoms with Gasteiger partial charge in [-0.25, -0.2) is 13.2 Å². The summed E-state index contributed by atoms with van der Waals surface area (Å²) in [4.78, 5) is 9.91. The van der Waals surface area contributed by atoms with E-state index in [0.29, 0.717) is 6.07 Å². The summed E-state index contributed by atoms with van der Waals surface area (Å²) in [5.74, 6) is -3.09. The highest BCUT2D eigenvalue weighted by atomic mass is 19.1. The molecule has 1 N–H and O–H groups in total. The second-order valence-corrected chi connectivity index (χ2v) is 4.33. The fourth-order valence-electron chi connectivity index (χ4n) is 1.84. The van der Waals surface area contributed by atoms with Crippen LogP contribution < -0.4 is 4.74 Å². The minimum absolute atomic E-state index is 0.317. The van der Waals surface area contributed by atoms with Crippen molar-refractivity contribution in [2.75, 3.05) is 6.61 Å². The van der Waals surface area contributed by atoms with Crippen molar-refractivity contribution in [3.8, 4) is 5.75 Å². The highest BCUT2D eigenvalue weighted by molar-refractivity contribution is 5.46. The Bertz CT molecular complexity index is 688. The molecule has 0 heterocycles. The third-order valence-electron chi connectivity index (χ3n) is 2.85. The standard InChI is InChI=1S/C14H10F3NO4/c15-8-4-5-13(11(6-8)18(20)21)22-7-12(19)14-9(16)2-1-3-10(14)17/h1-6,12,19H,7H2. The first-order chi connectivity index (χ1) is 10.4. The van der Waals surface area contributed by atoms with Gasteiger partial charge in [0.05, 0.1) is 16.6 Å². The molecule has 0 saturated carbocycles. The molecule has 1 atom stereocenters. The van der Waals surface area contributed by atoms with Gasteiger partial charge in [-0.1, -0.05) is 6.07 Å². The minimum Gasteiger partial charge on any atom is -0.484 e. The summed E-state index contributed by atoms with van der Waals surface area (Å²) >= 11 is 0. The molecule has 0 spiro atoms. The van der Waals surface area contributed by atoms with Crippen molar-refractivity contribution >= 4 is 5.69 Å². The molecule has 0 saturated heterocycles. The van der Waals surface area contributed by atoms with E-state index in [0.717, 1.165) is 30.3 Å². The maximum Gasteiger partial charge on any atom is 0.313 e. The molecule has 5 nitrogen and oxygen atoms in total. The monoisotopic (exact) mass is 313 g/mol. The molecule has 116 valence electrons. The molecule has 0 amide bonds. The Morgan fingerprint density at radius 3 is 2.41 bits per heavy atom.